The molecule has 1 N–H and O–H groups in total. The number of nitrogens with zero attached hydrogens (tertiary/aromatic N) is 1. The first-order valence-corrected chi connectivity index (χ1v) is 5.88. The van der Waals surface area contributed by atoms with Crippen molar-refractivity contribution < 1.29 is 9.53 Å². The van der Waals surface area contributed by atoms with Crippen LogP contribution in [0.25, 0.3) is 0 Å². The SMILES string of the molecule is CC1CN(C(=O)[C@H]2CCNC2)CCCO1.Cl. The van der Waals surface area contributed by atoms with Gasteiger partial charge in [-0.2, -0.15) is 0 Å². The highest BCUT2D eigenvalue weighted by Gasteiger charge is 2.28. The Morgan fingerprint density at radius 2 is 2.31 bits per heavy atom. The van der Waals surface area contributed by atoms with E-state index in [0.717, 1.165) is 45.6 Å². The fourth-order valence-corrected chi connectivity index (χ4v) is 2.32. The van der Waals surface area contributed by atoms with E-state index < -0.39 is 0 Å². The number of halogens is 1. The Hall–Kier alpha value is -0.320. The Bertz CT molecular complexity index is 232. The van der Waals surface area contributed by atoms with E-state index in [0.29, 0.717) is 5.91 Å². The maximum atomic E-state index is 12.1. The van der Waals surface area contributed by atoms with Gasteiger partial charge in [0, 0.05) is 26.2 Å². The minimum Gasteiger partial charge on any atom is -0.377 e. The molecule has 2 aliphatic heterocycles. The van der Waals surface area contributed by atoms with Crippen LogP contribution in [0.4, 0.5) is 0 Å². The van der Waals surface area contributed by atoms with Gasteiger partial charge in [-0.05, 0) is 26.3 Å². The van der Waals surface area contributed by atoms with E-state index >= 15 is 0 Å². The van der Waals surface area contributed by atoms with E-state index in [9.17, 15) is 4.79 Å². The number of hydrogen-bond donors (Lipinski definition) is 1. The van der Waals surface area contributed by atoms with Crippen molar-refractivity contribution in [3.05, 3.63) is 0 Å². The average molecular weight is 249 g/mol. The van der Waals surface area contributed by atoms with Gasteiger partial charge in [-0.1, -0.05) is 0 Å². The molecule has 0 aromatic rings. The highest BCUT2D eigenvalue weighted by atomic mass is 35.5. The van der Waals surface area contributed by atoms with Gasteiger partial charge in [0.05, 0.1) is 12.0 Å². The first-order chi connectivity index (χ1) is 7.27. The lowest BCUT2D eigenvalue weighted by molar-refractivity contribution is -0.135. The van der Waals surface area contributed by atoms with Crippen molar-refractivity contribution in [3.8, 4) is 0 Å². The molecule has 1 unspecified atom stereocenters. The van der Waals surface area contributed by atoms with Crippen molar-refractivity contribution in [2.45, 2.75) is 25.9 Å². The van der Waals surface area contributed by atoms with Gasteiger partial charge < -0.3 is 15.0 Å². The van der Waals surface area contributed by atoms with E-state index in [2.05, 4.69) is 5.32 Å². The van der Waals surface area contributed by atoms with Gasteiger partial charge in [0.1, 0.15) is 0 Å². The molecule has 1 amide bonds. The van der Waals surface area contributed by atoms with Crippen LogP contribution in [0.2, 0.25) is 0 Å². The van der Waals surface area contributed by atoms with E-state index in [1.807, 2.05) is 11.8 Å². The van der Waals surface area contributed by atoms with Crippen molar-refractivity contribution in [2.75, 3.05) is 32.8 Å². The second-order valence-electron chi connectivity index (χ2n) is 4.51. The zero-order valence-corrected chi connectivity index (χ0v) is 10.6. The molecule has 2 rings (SSSR count). The summed E-state index contributed by atoms with van der Waals surface area (Å²) in [5.41, 5.74) is 0. The zero-order chi connectivity index (χ0) is 10.7. The number of rotatable bonds is 1. The third-order valence-electron chi connectivity index (χ3n) is 3.17. The summed E-state index contributed by atoms with van der Waals surface area (Å²) in [4.78, 5) is 14.1. The van der Waals surface area contributed by atoms with Crippen LogP contribution in [0.3, 0.4) is 0 Å². The summed E-state index contributed by atoms with van der Waals surface area (Å²) >= 11 is 0. The smallest absolute Gasteiger partial charge is 0.227 e. The molecule has 2 aliphatic rings. The minimum atomic E-state index is 0. The van der Waals surface area contributed by atoms with Crippen molar-refractivity contribution in [1.29, 1.82) is 0 Å². The van der Waals surface area contributed by atoms with Crippen molar-refractivity contribution >= 4 is 18.3 Å². The Morgan fingerprint density at radius 3 is 3.00 bits per heavy atom. The van der Waals surface area contributed by atoms with E-state index in [4.69, 9.17) is 4.74 Å². The van der Waals surface area contributed by atoms with E-state index in [1.165, 1.54) is 0 Å². The first-order valence-electron chi connectivity index (χ1n) is 5.88. The summed E-state index contributed by atoms with van der Waals surface area (Å²) in [7, 11) is 0. The molecule has 0 radical (unpaired) electrons. The second kappa shape index (κ2) is 6.42. The number of hydrogen-bond acceptors (Lipinski definition) is 3. The molecule has 5 heteroatoms. The van der Waals surface area contributed by atoms with Gasteiger partial charge in [0.25, 0.3) is 0 Å². The van der Waals surface area contributed by atoms with Crippen LogP contribution in [-0.2, 0) is 9.53 Å². The summed E-state index contributed by atoms with van der Waals surface area (Å²) in [6.45, 7) is 6.28. The molecular formula is C11H21ClN2O2. The molecule has 0 aromatic carbocycles. The van der Waals surface area contributed by atoms with Gasteiger partial charge in [0.2, 0.25) is 5.91 Å². The van der Waals surface area contributed by atoms with Crippen LogP contribution in [0.15, 0.2) is 0 Å². The number of nitrogens with one attached hydrogen (secondary N) is 1. The summed E-state index contributed by atoms with van der Waals surface area (Å²) in [5.74, 6) is 0.521. The monoisotopic (exact) mass is 248 g/mol. The highest BCUT2D eigenvalue weighted by molar-refractivity contribution is 5.85. The van der Waals surface area contributed by atoms with Gasteiger partial charge >= 0.3 is 0 Å². The summed E-state index contributed by atoms with van der Waals surface area (Å²) < 4.78 is 5.54. The van der Waals surface area contributed by atoms with Crippen molar-refractivity contribution in [2.24, 2.45) is 5.92 Å². The van der Waals surface area contributed by atoms with Crippen LogP contribution in [0.1, 0.15) is 19.8 Å². The highest BCUT2D eigenvalue weighted by Crippen LogP contribution is 2.14. The molecule has 2 fully saturated rings. The fraction of sp³-hybridized carbons (Fsp3) is 0.909. The van der Waals surface area contributed by atoms with Crippen LogP contribution < -0.4 is 5.32 Å². The maximum Gasteiger partial charge on any atom is 0.227 e. The molecule has 0 aliphatic carbocycles. The minimum absolute atomic E-state index is 0. The molecule has 2 saturated heterocycles. The molecule has 2 atom stereocenters. The Kier molecular flexibility index (Phi) is 5.52. The summed E-state index contributed by atoms with van der Waals surface area (Å²) in [6, 6.07) is 0. The Balaban J connectivity index is 0.00000128. The normalized spacial score (nSPS) is 30.7. The lowest BCUT2D eigenvalue weighted by Crippen LogP contribution is -2.40. The van der Waals surface area contributed by atoms with E-state index in [1.54, 1.807) is 0 Å². The van der Waals surface area contributed by atoms with Gasteiger partial charge in [-0.15, -0.1) is 12.4 Å². The molecular weight excluding hydrogens is 228 g/mol. The standard InChI is InChI=1S/C11H20N2O2.ClH/c1-9-8-13(5-2-6-15-9)11(14)10-3-4-12-7-10;/h9-10,12H,2-8H2,1H3;1H/t9?,10-;/m0./s1. The summed E-state index contributed by atoms with van der Waals surface area (Å²) in [5, 5.41) is 3.24. The molecule has 4 nitrogen and oxygen atoms in total. The molecule has 0 saturated carbocycles. The maximum absolute atomic E-state index is 12.1. The lowest BCUT2D eigenvalue weighted by Gasteiger charge is -2.24. The Morgan fingerprint density at radius 1 is 1.50 bits per heavy atom. The number of ether oxygens (including phenoxy) is 1. The molecule has 94 valence electrons. The molecule has 0 spiro atoms. The Labute approximate surface area is 103 Å². The third-order valence-corrected chi connectivity index (χ3v) is 3.17. The van der Waals surface area contributed by atoms with Crippen molar-refractivity contribution in [1.82, 2.24) is 10.2 Å². The number of carbonyl (C=O) groups excluding carboxylic acids is 1. The topological polar surface area (TPSA) is 41.6 Å². The summed E-state index contributed by atoms with van der Waals surface area (Å²) in [6.07, 6.45) is 2.15. The molecule has 16 heavy (non-hydrogen) atoms. The van der Waals surface area contributed by atoms with Crippen LogP contribution in [-0.4, -0.2) is 49.7 Å². The average Bonchev–Trinajstić information content (AvgIpc) is 2.67. The number of carbonyl (C=O) groups is 1. The largest absolute Gasteiger partial charge is 0.377 e. The zero-order valence-electron chi connectivity index (χ0n) is 9.78. The van der Waals surface area contributed by atoms with Gasteiger partial charge in [0.15, 0.2) is 0 Å². The predicted octanol–water partition coefficient (Wildman–Crippen LogP) is 0.655. The third kappa shape index (κ3) is 3.34. The molecule has 0 bridgehead atoms. The van der Waals surface area contributed by atoms with Crippen LogP contribution >= 0.6 is 12.4 Å². The van der Waals surface area contributed by atoms with Crippen LogP contribution in [0, 0.1) is 5.92 Å². The lowest BCUT2D eigenvalue weighted by atomic mass is 10.1. The van der Waals surface area contributed by atoms with Gasteiger partial charge in [-0.3, -0.25) is 4.79 Å². The van der Waals surface area contributed by atoms with E-state index in [-0.39, 0.29) is 24.4 Å². The van der Waals surface area contributed by atoms with Crippen LogP contribution in [0.5, 0.6) is 0 Å². The predicted molar refractivity (Wildman–Crippen MR) is 64.8 cm³/mol. The quantitative estimate of drug-likeness (QED) is 0.741. The second-order valence-corrected chi connectivity index (χ2v) is 4.51. The first kappa shape index (κ1) is 13.7. The number of amides is 1. The van der Waals surface area contributed by atoms with Gasteiger partial charge in [-0.25, -0.2) is 0 Å². The van der Waals surface area contributed by atoms with Crippen molar-refractivity contribution in [3.63, 3.8) is 0 Å². The molecule has 0 aromatic heterocycles. The fourth-order valence-electron chi connectivity index (χ4n) is 2.32. The molecule has 2 heterocycles.